The lowest BCUT2D eigenvalue weighted by Crippen LogP contribution is -2.54. The number of terminal acetylenes is 1. The highest BCUT2D eigenvalue weighted by molar-refractivity contribution is 5.88. The number of ether oxygens (including phenoxy) is 1. The van der Waals surface area contributed by atoms with Gasteiger partial charge >= 0.3 is 0 Å². The van der Waals surface area contributed by atoms with E-state index in [4.69, 9.17) is 11.2 Å². The van der Waals surface area contributed by atoms with Crippen LogP contribution in [0.2, 0.25) is 0 Å². The zero-order chi connectivity index (χ0) is 14.2. The van der Waals surface area contributed by atoms with Crippen LogP contribution in [0.4, 0.5) is 0 Å². The molecule has 0 bridgehead atoms. The van der Waals surface area contributed by atoms with Crippen molar-refractivity contribution in [1.82, 2.24) is 10.2 Å². The summed E-state index contributed by atoms with van der Waals surface area (Å²) < 4.78 is 5.50. The molecule has 0 aromatic rings. The van der Waals surface area contributed by atoms with Gasteiger partial charge in [0.1, 0.15) is 11.7 Å². The molecule has 1 fully saturated rings. The Bertz CT molecular complexity index is 442. The number of carbonyl (C=O) groups excluding carboxylic acids is 1. The van der Waals surface area contributed by atoms with E-state index >= 15 is 0 Å². The molecular weight excluding hydrogens is 252 g/mol. The summed E-state index contributed by atoms with van der Waals surface area (Å²) >= 11 is 0. The van der Waals surface area contributed by atoms with Crippen molar-refractivity contribution >= 4 is 5.91 Å². The number of aliphatic hydroxyl groups excluding tert-OH is 2. The fraction of sp³-hybridized carbons (Fsp3) is 0.583. The van der Waals surface area contributed by atoms with Crippen LogP contribution in [-0.2, 0) is 9.53 Å². The number of amides is 1. The van der Waals surface area contributed by atoms with Crippen molar-refractivity contribution in [3.05, 3.63) is 12.3 Å². The molecule has 1 saturated heterocycles. The van der Waals surface area contributed by atoms with Crippen LogP contribution in [0.15, 0.2) is 12.3 Å². The molecule has 1 unspecified atom stereocenters. The van der Waals surface area contributed by atoms with Gasteiger partial charge in [0.25, 0.3) is 0 Å². The largest absolute Gasteiger partial charge is 0.394 e. The van der Waals surface area contributed by atoms with Crippen molar-refractivity contribution in [2.45, 2.75) is 31.2 Å². The predicted octanol–water partition coefficient (Wildman–Crippen LogP) is -2.07. The fourth-order valence-electron chi connectivity index (χ4n) is 2.30. The molecule has 4 N–H and O–H groups in total. The van der Waals surface area contributed by atoms with Crippen LogP contribution < -0.4 is 5.32 Å². The number of hydrogen-bond acceptors (Lipinski definition) is 6. The predicted molar refractivity (Wildman–Crippen MR) is 63.8 cm³/mol. The molecule has 0 radical (unpaired) electrons. The van der Waals surface area contributed by atoms with Gasteiger partial charge < -0.3 is 30.3 Å². The normalized spacial score (nSPS) is 42.1. The van der Waals surface area contributed by atoms with Crippen LogP contribution in [0.1, 0.15) is 6.92 Å². The van der Waals surface area contributed by atoms with Crippen molar-refractivity contribution in [3.63, 3.8) is 0 Å². The Morgan fingerprint density at radius 3 is 2.89 bits per heavy atom. The minimum atomic E-state index is -1.43. The molecule has 0 saturated carbocycles. The zero-order valence-corrected chi connectivity index (χ0v) is 10.4. The maximum atomic E-state index is 11.1. The average molecular weight is 268 g/mol. The van der Waals surface area contributed by atoms with E-state index in [1.807, 2.05) is 0 Å². The summed E-state index contributed by atoms with van der Waals surface area (Å²) in [6.45, 7) is 1.07. The minimum Gasteiger partial charge on any atom is -0.394 e. The van der Waals surface area contributed by atoms with Gasteiger partial charge in [-0.25, -0.2) is 0 Å². The van der Waals surface area contributed by atoms with Gasteiger partial charge in [-0.3, -0.25) is 4.79 Å². The first-order valence-corrected chi connectivity index (χ1v) is 5.81. The third kappa shape index (κ3) is 2.19. The van der Waals surface area contributed by atoms with E-state index < -0.39 is 42.7 Å². The highest BCUT2D eigenvalue weighted by Gasteiger charge is 2.54. The molecule has 19 heavy (non-hydrogen) atoms. The molecule has 2 rings (SSSR count). The van der Waals surface area contributed by atoms with E-state index in [2.05, 4.69) is 11.2 Å². The average Bonchev–Trinajstić information content (AvgIpc) is 2.59. The van der Waals surface area contributed by atoms with E-state index in [-0.39, 0.29) is 0 Å². The topological polar surface area (TPSA) is 102 Å². The lowest BCUT2D eigenvalue weighted by molar-refractivity contribution is -0.145. The second kappa shape index (κ2) is 4.83. The third-order valence-electron chi connectivity index (χ3n) is 3.46. The second-order valence-corrected chi connectivity index (χ2v) is 4.71. The number of hydrogen-bond donors (Lipinski definition) is 4. The minimum absolute atomic E-state index is 0.401. The molecule has 0 spiro atoms. The maximum absolute atomic E-state index is 11.1. The Morgan fingerprint density at radius 1 is 1.68 bits per heavy atom. The maximum Gasteiger partial charge on any atom is 0.248 e. The summed E-state index contributed by atoms with van der Waals surface area (Å²) in [5, 5.41) is 31.6. The number of carbonyl (C=O) groups is 1. The monoisotopic (exact) mass is 268 g/mol. The van der Waals surface area contributed by atoms with Crippen LogP contribution >= 0.6 is 0 Å². The van der Waals surface area contributed by atoms with Crippen LogP contribution in [0, 0.1) is 18.3 Å². The molecule has 7 heteroatoms. The zero-order valence-electron chi connectivity index (χ0n) is 10.4. The standard InChI is InChI=1S/C12H16N2O5/c1-3-7-10(19-8(6-15)12(7,2)18)14-5-4-9(16)13-11(14)17/h1,4-5,7-8,10-11,15,17-18H,6H2,2H3,(H,13,16)/t7-,8+,10+,11?,12+/m0/s1. The van der Waals surface area contributed by atoms with E-state index in [0.29, 0.717) is 0 Å². The van der Waals surface area contributed by atoms with Crippen molar-refractivity contribution < 1.29 is 24.9 Å². The van der Waals surface area contributed by atoms with E-state index in [1.165, 1.54) is 24.1 Å². The molecule has 1 amide bonds. The molecule has 0 aromatic heterocycles. The Balaban J connectivity index is 2.28. The Morgan fingerprint density at radius 2 is 2.37 bits per heavy atom. The van der Waals surface area contributed by atoms with Crippen molar-refractivity contribution in [2.75, 3.05) is 6.61 Å². The van der Waals surface area contributed by atoms with Gasteiger partial charge in [-0.05, 0) is 6.92 Å². The smallest absolute Gasteiger partial charge is 0.248 e. The summed E-state index contributed by atoms with van der Waals surface area (Å²) in [5.74, 6) is 1.21. The lowest BCUT2D eigenvalue weighted by atomic mass is 9.86. The molecule has 7 nitrogen and oxygen atoms in total. The second-order valence-electron chi connectivity index (χ2n) is 4.71. The quantitative estimate of drug-likeness (QED) is 0.429. The number of nitrogens with one attached hydrogen (secondary N) is 1. The fourth-order valence-corrected chi connectivity index (χ4v) is 2.30. The van der Waals surface area contributed by atoms with E-state index in [1.54, 1.807) is 0 Å². The summed E-state index contributed by atoms with van der Waals surface area (Å²) in [6, 6.07) is 0. The molecule has 104 valence electrons. The Kier molecular flexibility index (Phi) is 3.52. The van der Waals surface area contributed by atoms with E-state index in [9.17, 15) is 20.1 Å². The van der Waals surface area contributed by atoms with Gasteiger partial charge in [0.15, 0.2) is 6.23 Å². The summed E-state index contributed by atoms with van der Waals surface area (Å²) in [5.41, 5.74) is -1.43. The highest BCUT2D eigenvalue weighted by atomic mass is 16.6. The van der Waals surface area contributed by atoms with Crippen molar-refractivity contribution in [2.24, 2.45) is 5.92 Å². The molecule has 2 aliphatic rings. The highest BCUT2D eigenvalue weighted by Crippen LogP contribution is 2.38. The molecule has 5 atom stereocenters. The molecule has 0 aliphatic carbocycles. The Hall–Kier alpha value is -1.59. The molecule has 2 heterocycles. The Labute approximate surface area is 110 Å². The third-order valence-corrected chi connectivity index (χ3v) is 3.46. The summed E-state index contributed by atoms with van der Waals surface area (Å²) in [4.78, 5) is 12.4. The van der Waals surface area contributed by atoms with Crippen LogP contribution in [0.3, 0.4) is 0 Å². The van der Waals surface area contributed by atoms with Crippen LogP contribution in [0.25, 0.3) is 0 Å². The lowest BCUT2D eigenvalue weighted by Gasteiger charge is -2.36. The van der Waals surface area contributed by atoms with Gasteiger partial charge in [-0.2, -0.15) is 0 Å². The van der Waals surface area contributed by atoms with Crippen molar-refractivity contribution in [1.29, 1.82) is 0 Å². The van der Waals surface area contributed by atoms with Crippen LogP contribution in [-0.4, -0.2) is 57.0 Å². The number of aliphatic hydroxyl groups is 3. The van der Waals surface area contributed by atoms with Gasteiger partial charge in [-0.15, -0.1) is 6.42 Å². The first-order chi connectivity index (χ1) is 8.91. The van der Waals surface area contributed by atoms with Gasteiger partial charge in [0.2, 0.25) is 12.3 Å². The van der Waals surface area contributed by atoms with Crippen LogP contribution in [0.5, 0.6) is 0 Å². The van der Waals surface area contributed by atoms with E-state index in [0.717, 1.165) is 0 Å². The SMILES string of the molecule is C#C[C@H]1[C@H](N2C=CC(=O)NC2O)O[C@H](CO)[C@]1(C)O. The molecular formula is C12H16N2O5. The summed E-state index contributed by atoms with van der Waals surface area (Å²) in [7, 11) is 0. The molecule has 2 aliphatic heterocycles. The van der Waals surface area contributed by atoms with Gasteiger partial charge in [0, 0.05) is 12.3 Å². The van der Waals surface area contributed by atoms with Gasteiger partial charge in [0.05, 0.1) is 12.5 Å². The van der Waals surface area contributed by atoms with Gasteiger partial charge in [-0.1, -0.05) is 5.92 Å². The number of nitrogens with zero attached hydrogens (tertiary/aromatic N) is 1. The number of rotatable bonds is 2. The summed E-state index contributed by atoms with van der Waals surface area (Å²) in [6.07, 6.45) is 4.95. The first-order valence-electron chi connectivity index (χ1n) is 5.81. The first kappa shape index (κ1) is 13.8. The van der Waals surface area contributed by atoms with Crippen molar-refractivity contribution in [3.8, 4) is 12.3 Å². The molecule has 0 aromatic carbocycles.